The molecule has 5 N–H and O–H groups in total. The number of carboxylic acid groups (broad SMARTS) is 1. The molecule has 10 heteroatoms. The van der Waals surface area contributed by atoms with Crippen LogP contribution in [-0.4, -0.2) is 42.2 Å². The second-order valence-corrected chi connectivity index (χ2v) is 6.83. The summed E-state index contributed by atoms with van der Waals surface area (Å²) in [6.45, 7) is 1.98. The van der Waals surface area contributed by atoms with Gasteiger partial charge in [-0.15, -0.1) is 12.4 Å². The van der Waals surface area contributed by atoms with Crippen molar-refractivity contribution in [2.75, 3.05) is 31.1 Å². The van der Waals surface area contributed by atoms with Crippen LogP contribution in [0.3, 0.4) is 0 Å². The van der Waals surface area contributed by atoms with Crippen molar-refractivity contribution in [1.82, 2.24) is 10.3 Å². The van der Waals surface area contributed by atoms with Crippen molar-refractivity contribution in [3.8, 4) is 0 Å². The van der Waals surface area contributed by atoms with Crippen LogP contribution < -0.4 is 21.4 Å². The Bertz CT molecular complexity index is 985. The van der Waals surface area contributed by atoms with E-state index in [0.717, 1.165) is 6.20 Å². The first-order valence-electron chi connectivity index (χ1n) is 8.40. The fourth-order valence-electron chi connectivity index (χ4n) is 3.56. The number of aromatic nitrogens is 1. The van der Waals surface area contributed by atoms with E-state index in [9.17, 15) is 14.7 Å². The first kappa shape index (κ1) is 19.5. The Morgan fingerprint density at radius 2 is 1.85 bits per heavy atom. The van der Waals surface area contributed by atoms with Crippen LogP contribution in [0.5, 0.6) is 0 Å². The highest BCUT2D eigenvalue weighted by Crippen LogP contribution is 2.48. The third-order valence-corrected chi connectivity index (χ3v) is 5.14. The first-order valence-corrected chi connectivity index (χ1v) is 8.40. The van der Waals surface area contributed by atoms with Gasteiger partial charge in [0.1, 0.15) is 11.3 Å². The molecule has 0 bridgehead atoms. The van der Waals surface area contributed by atoms with Gasteiger partial charge in [0.25, 0.3) is 0 Å². The molecule has 2 heterocycles. The predicted octanol–water partition coefficient (Wildman–Crippen LogP) is 1.28. The minimum atomic E-state index is -1.46. The highest BCUT2D eigenvalue weighted by atomic mass is 35.5. The van der Waals surface area contributed by atoms with Gasteiger partial charge in [-0.25, -0.2) is 13.6 Å². The quantitative estimate of drug-likeness (QED) is 0.617. The molecule has 1 aromatic carbocycles. The van der Waals surface area contributed by atoms with Gasteiger partial charge in [0.15, 0.2) is 11.6 Å². The standard InChI is InChI=1S/C17H18F2N4O3.ClH/c18-11-10(17(20)1-2-17)9-13(22-7-8(15(9)24)16(25)26)12(19)14(11)23-5-3-21-4-6-23;/h7,21H,1-6,20H2,(H,22,24)(H,25,26);1H. The Hall–Kier alpha value is -2.23. The molecule has 1 aliphatic heterocycles. The number of nitrogens with one attached hydrogen (secondary N) is 2. The molecule has 2 aliphatic rings. The Balaban J connectivity index is 0.00000210. The number of anilines is 1. The molecule has 1 aliphatic carbocycles. The van der Waals surface area contributed by atoms with E-state index in [1.807, 2.05) is 0 Å². The zero-order valence-corrected chi connectivity index (χ0v) is 15.1. The summed E-state index contributed by atoms with van der Waals surface area (Å²) in [5.74, 6) is -3.24. The number of carbonyl (C=O) groups is 1. The van der Waals surface area contributed by atoms with Gasteiger partial charge in [0.05, 0.1) is 10.9 Å². The maximum absolute atomic E-state index is 15.4. The van der Waals surface area contributed by atoms with E-state index in [1.165, 1.54) is 0 Å². The van der Waals surface area contributed by atoms with Crippen molar-refractivity contribution in [3.63, 3.8) is 0 Å². The molecule has 0 radical (unpaired) electrons. The number of benzene rings is 1. The minimum Gasteiger partial charge on any atom is -0.477 e. The van der Waals surface area contributed by atoms with E-state index in [1.54, 1.807) is 4.90 Å². The maximum Gasteiger partial charge on any atom is 0.341 e. The molecule has 146 valence electrons. The number of carboxylic acids is 1. The lowest BCUT2D eigenvalue weighted by Gasteiger charge is -2.31. The number of halogens is 3. The summed E-state index contributed by atoms with van der Waals surface area (Å²) in [6.07, 6.45) is 1.83. The summed E-state index contributed by atoms with van der Waals surface area (Å²) in [6, 6.07) is 0. The Morgan fingerprint density at radius 3 is 2.41 bits per heavy atom. The number of hydrogen-bond acceptors (Lipinski definition) is 5. The van der Waals surface area contributed by atoms with E-state index in [2.05, 4.69) is 10.3 Å². The molecule has 0 atom stereocenters. The minimum absolute atomic E-state index is 0. The number of rotatable bonds is 3. The van der Waals surface area contributed by atoms with Crippen molar-refractivity contribution in [3.05, 3.63) is 39.2 Å². The fourth-order valence-corrected chi connectivity index (χ4v) is 3.56. The second kappa shape index (κ2) is 6.74. The fraction of sp³-hybridized carbons (Fsp3) is 0.412. The highest BCUT2D eigenvalue weighted by Gasteiger charge is 2.46. The van der Waals surface area contributed by atoms with Gasteiger partial charge in [-0.3, -0.25) is 4.79 Å². The lowest BCUT2D eigenvalue weighted by Crippen LogP contribution is -2.44. The molecule has 1 aromatic heterocycles. The van der Waals surface area contributed by atoms with E-state index < -0.39 is 34.1 Å². The van der Waals surface area contributed by atoms with Crippen LogP contribution in [0.1, 0.15) is 28.8 Å². The number of hydrogen-bond donors (Lipinski definition) is 4. The van der Waals surface area contributed by atoms with Gasteiger partial charge in [0, 0.05) is 43.5 Å². The Labute approximate surface area is 158 Å². The summed E-state index contributed by atoms with van der Waals surface area (Å²) >= 11 is 0. The molecule has 0 unspecified atom stereocenters. The van der Waals surface area contributed by atoms with Gasteiger partial charge in [-0.2, -0.15) is 0 Å². The molecular formula is C17H19ClF2N4O3. The van der Waals surface area contributed by atoms with Gasteiger partial charge >= 0.3 is 5.97 Å². The van der Waals surface area contributed by atoms with Crippen molar-refractivity contribution in [1.29, 1.82) is 0 Å². The summed E-state index contributed by atoms with van der Waals surface area (Å²) < 4.78 is 30.6. The summed E-state index contributed by atoms with van der Waals surface area (Å²) in [4.78, 5) is 28.0. The SMILES string of the molecule is Cl.NC1(c2c(F)c(N3CCNCC3)c(F)c3[nH]cc(C(=O)O)c(=O)c23)CC1. The average molecular weight is 401 g/mol. The van der Waals surface area contributed by atoms with Crippen LogP contribution in [0.4, 0.5) is 14.5 Å². The zero-order valence-electron chi connectivity index (χ0n) is 14.3. The van der Waals surface area contributed by atoms with Crippen LogP contribution in [-0.2, 0) is 5.54 Å². The summed E-state index contributed by atoms with van der Waals surface area (Å²) in [5, 5.41) is 12.0. The molecule has 0 spiro atoms. The number of aromatic carboxylic acids is 1. The lowest BCUT2D eigenvalue weighted by molar-refractivity contribution is 0.0695. The molecule has 2 fully saturated rings. The molecule has 2 aromatic rings. The van der Waals surface area contributed by atoms with Gasteiger partial charge in [-0.1, -0.05) is 0 Å². The predicted molar refractivity (Wildman–Crippen MR) is 98.9 cm³/mol. The third-order valence-electron chi connectivity index (χ3n) is 5.14. The van der Waals surface area contributed by atoms with Crippen LogP contribution in [0.25, 0.3) is 10.9 Å². The molecule has 0 amide bonds. The van der Waals surface area contributed by atoms with Crippen molar-refractivity contribution in [2.45, 2.75) is 18.4 Å². The normalized spacial score (nSPS) is 18.3. The smallest absolute Gasteiger partial charge is 0.341 e. The molecule has 1 saturated carbocycles. The van der Waals surface area contributed by atoms with Gasteiger partial charge in [-0.05, 0) is 12.8 Å². The molecular weight excluding hydrogens is 382 g/mol. The second-order valence-electron chi connectivity index (χ2n) is 6.83. The highest BCUT2D eigenvalue weighted by molar-refractivity contribution is 5.95. The van der Waals surface area contributed by atoms with E-state index in [-0.39, 0.29) is 34.6 Å². The van der Waals surface area contributed by atoms with Crippen LogP contribution in [0.2, 0.25) is 0 Å². The zero-order chi connectivity index (χ0) is 18.6. The van der Waals surface area contributed by atoms with E-state index in [4.69, 9.17) is 5.73 Å². The third kappa shape index (κ3) is 2.95. The van der Waals surface area contributed by atoms with Crippen LogP contribution >= 0.6 is 12.4 Å². The van der Waals surface area contributed by atoms with Crippen LogP contribution in [0, 0.1) is 11.6 Å². The van der Waals surface area contributed by atoms with Gasteiger partial charge < -0.3 is 26.0 Å². The number of aromatic amines is 1. The lowest BCUT2D eigenvalue weighted by atomic mass is 9.95. The van der Waals surface area contributed by atoms with Crippen molar-refractivity contribution >= 4 is 35.0 Å². The number of nitrogens with two attached hydrogens (primary N) is 1. The number of pyridine rings is 1. The molecule has 1 saturated heterocycles. The largest absolute Gasteiger partial charge is 0.477 e. The number of H-pyrrole nitrogens is 1. The monoisotopic (exact) mass is 400 g/mol. The summed E-state index contributed by atoms with van der Waals surface area (Å²) in [5.41, 5.74) is 3.09. The molecule has 4 rings (SSSR count). The topological polar surface area (TPSA) is 111 Å². The molecule has 7 nitrogen and oxygen atoms in total. The number of fused-ring (bicyclic) bond motifs is 1. The number of piperazine rings is 1. The van der Waals surface area contributed by atoms with Crippen LogP contribution in [0.15, 0.2) is 11.0 Å². The Morgan fingerprint density at radius 1 is 1.22 bits per heavy atom. The number of nitrogens with zero attached hydrogens (tertiary/aromatic N) is 1. The molecule has 27 heavy (non-hydrogen) atoms. The maximum atomic E-state index is 15.4. The van der Waals surface area contributed by atoms with E-state index >= 15 is 8.78 Å². The van der Waals surface area contributed by atoms with E-state index in [0.29, 0.717) is 39.0 Å². The average Bonchev–Trinajstić information content (AvgIpc) is 3.34. The Kier molecular flexibility index (Phi) is 4.87. The first-order chi connectivity index (χ1) is 12.3. The van der Waals surface area contributed by atoms with Crippen molar-refractivity contribution in [2.24, 2.45) is 5.73 Å². The van der Waals surface area contributed by atoms with Gasteiger partial charge in [0.2, 0.25) is 5.43 Å². The van der Waals surface area contributed by atoms with Crippen molar-refractivity contribution < 1.29 is 18.7 Å². The summed E-state index contributed by atoms with van der Waals surface area (Å²) in [7, 11) is 0.